The number of nitrogens with two attached hydrogens (primary N) is 2. The van der Waals surface area contributed by atoms with E-state index in [9.17, 15) is 4.79 Å². The van der Waals surface area contributed by atoms with Crippen LogP contribution in [-0.2, 0) is 12.8 Å². The Labute approximate surface area is 75.9 Å². The van der Waals surface area contributed by atoms with Crippen LogP contribution in [0.4, 0.5) is 5.82 Å². The summed E-state index contributed by atoms with van der Waals surface area (Å²) in [5.74, 6) is -0.211. The standard InChI is InChI=1S/C9H11N3O/c10-8-7(9(11)13)6-3-1-2-5(6)4-12-8/h4H,1-3H2,(H2,10,12)(H2,11,13). The highest BCUT2D eigenvalue weighted by atomic mass is 16.1. The maximum Gasteiger partial charge on any atom is 0.252 e. The predicted octanol–water partition coefficient (Wildman–Crippen LogP) is 0.251. The van der Waals surface area contributed by atoms with E-state index in [1.54, 1.807) is 6.20 Å². The monoisotopic (exact) mass is 177 g/mol. The molecule has 0 radical (unpaired) electrons. The normalized spacial score (nSPS) is 14.2. The Bertz CT molecular complexity index is 373. The van der Waals surface area contributed by atoms with E-state index in [-0.39, 0.29) is 5.82 Å². The number of carbonyl (C=O) groups is 1. The van der Waals surface area contributed by atoms with Crippen molar-refractivity contribution in [2.75, 3.05) is 5.73 Å². The minimum Gasteiger partial charge on any atom is -0.383 e. The number of anilines is 1. The average Bonchev–Trinajstić information content (AvgIpc) is 2.50. The maximum absolute atomic E-state index is 11.1. The molecule has 0 saturated heterocycles. The van der Waals surface area contributed by atoms with Crippen molar-refractivity contribution in [3.05, 3.63) is 22.9 Å². The Morgan fingerprint density at radius 3 is 2.92 bits per heavy atom. The Balaban J connectivity index is 2.65. The van der Waals surface area contributed by atoms with E-state index in [0.29, 0.717) is 5.56 Å². The largest absolute Gasteiger partial charge is 0.383 e. The zero-order chi connectivity index (χ0) is 9.42. The SMILES string of the molecule is NC(=O)c1c(N)ncc2c1CCC2. The molecule has 0 unspecified atom stereocenters. The molecule has 68 valence electrons. The van der Waals surface area contributed by atoms with Crippen LogP contribution in [0.1, 0.15) is 27.9 Å². The molecule has 2 rings (SSSR count). The lowest BCUT2D eigenvalue weighted by Gasteiger charge is -2.06. The fourth-order valence-corrected chi connectivity index (χ4v) is 1.84. The van der Waals surface area contributed by atoms with Crippen LogP contribution in [0.15, 0.2) is 6.20 Å². The van der Waals surface area contributed by atoms with Gasteiger partial charge >= 0.3 is 0 Å². The Kier molecular flexibility index (Phi) is 1.69. The number of nitrogen functional groups attached to an aromatic ring is 1. The van der Waals surface area contributed by atoms with Crippen molar-refractivity contribution in [1.29, 1.82) is 0 Å². The van der Waals surface area contributed by atoms with Crippen LogP contribution in [-0.4, -0.2) is 10.9 Å². The highest BCUT2D eigenvalue weighted by Crippen LogP contribution is 2.26. The van der Waals surface area contributed by atoms with Crippen LogP contribution in [0.5, 0.6) is 0 Å². The number of amides is 1. The summed E-state index contributed by atoms with van der Waals surface area (Å²) in [7, 11) is 0. The molecule has 0 aliphatic heterocycles. The zero-order valence-corrected chi connectivity index (χ0v) is 7.21. The number of primary amides is 1. The van der Waals surface area contributed by atoms with E-state index in [1.165, 1.54) is 0 Å². The summed E-state index contributed by atoms with van der Waals surface area (Å²) in [5, 5.41) is 0. The van der Waals surface area contributed by atoms with Crippen molar-refractivity contribution in [1.82, 2.24) is 4.98 Å². The van der Waals surface area contributed by atoms with Gasteiger partial charge in [0.15, 0.2) is 0 Å². The molecule has 1 aliphatic carbocycles. The van der Waals surface area contributed by atoms with E-state index >= 15 is 0 Å². The summed E-state index contributed by atoms with van der Waals surface area (Å²) in [5.41, 5.74) is 13.4. The molecule has 13 heavy (non-hydrogen) atoms. The number of aryl methyl sites for hydroxylation is 1. The average molecular weight is 177 g/mol. The number of pyridine rings is 1. The summed E-state index contributed by atoms with van der Waals surface area (Å²) >= 11 is 0. The van der Waals surface area contributed by atoms with E-state index in [0.717, 1.165) is 30.4 Å². The van der Waals surface area contributed by atoms with Gasteiger partial charge in [0.05, 0.1) is 5.56 Å². The third-order valence-electron chi connectivity index (χ3n) is 2.42. The minimum atomic E-state index is -0.469. The second kappa shape index (κ2) is 2.73. The van der Waals surface area contributed by atoms with Crippen molar-refractivity contribution in [2.45, 2.75) is 19.3 Å². The van der Waals surface area contributed by atoms with Crippen LogP contribution < -0.4 is 11.5 Å². The number of aromatic nitrogens is 1. The van der Waals surface area contributed by atoms with E-state index in [1.807, 2.05) is 0 Å². The van der Waals surface area contributed by atoms with Gasteiger partial charge in [-0.2, -0.15) is 0 Å². The van der Waals surface area contributed by atoms with E-state index in [2.05, 4.69) is 4.98 Å². The fourth-order valence-electron chi connectivity index (χ4n) is 1.84. The van der Waals surface area contributed by atoms with Crippen molar-refractivity contribution < 1.29 is 4.79 Å². The summed E-state index contributed by atoms with van der Waals surface area (Å²) in [4.78, 5) is 15.0. The molecule has 0 fully saturated rings. The fraction of sp³-hybridized carbons (Fsp3) is 0.333. The first-order valence-electron chi connectivity index (χ1n) is 4.26. The molecule has 0 spiro atoms. The van der Waals surface area contributed by atoms with Crippen LogP contribution in [0, 0.1) is 0 Å². The number of hydrogen-bond donors (Lipinski definition) is 2. The molecule has 0 bridgehead atoms. The lowest BCUT2D eigenvalue weighted by atomic mass is 10.1. The Morgan fingerprint density at radius 1 is 1.46 bits per heavy atom. The molecule has 1 aliphatic rings. The van der Waals surface area contributed by atoms with Gasteiger partial charge in [-0.3, -0.25) is 4.79 Å². The van der Waals surface area contributed by atoms with Gasteiger partial charge in [0.1, 0.15) is 5.82 Å². The lowest BCUT2D eigenvalue weighted by Crippen LogP contribution is -2.17. The number of nitrogens with zero attached hydrogens (tertiary/aromatic N) is 1. The third-order valence-corrected chi connectivity index (χ3v) is 2.42. The molecular formula is C9H11N3O. The van der Waals surface area contributed by atoms with Crippen molar-refractivity contribution in [2.24, 2.45) is 5.73 Å². The van der Waals surface area contributed by atoms with Gasteiger partial charge in [-0.1, -0.05) is 0 Å². The Hall–Kier alpha value is -1.58. The van der Waals surface area contributed by atoms with Crippen LogP contribution >= 0.6 is 0 Å². The molecule has 4 N–H and O–H groups in total. The highest BCUT2D eigenvalue weighted by molar-refractivity contribution is 5.99. The molecule has 0 atom stereocenters. The second-order valence-corrected chi connectivity index (χ2v) is 3.24. The second-order valence-electron chi connectivity index (χ2n) is 3.24. The van der Waals surface area contributed by atoms with Crippen LogP contribution in [0.25, 0.3) is 0 Å². The molecule has 1 aromatic heterocycles. The first-order chi connectivity index (χ1) is 6.20. The summed E-state index contributed by atoms with van der Waals surface area (Å²) < 4.78 is 0. The van der Waals surface area contributed by atoms with E-state index < -0.39 is 5.91 Å². The molecule has 4 heteroatoms. The summed E-state index contributed by atoms with van der Waals surface area (Å²) in [6, 6.07) is 0. The van der Waals surface area contributed by atoms with Gasteiger partial charge in [0, 0.05) is 6.20 Å². The molecule has 0 aromatic carbocycles. The van der Waals surface area contributed by atoms with Gasteiger partial charge in [-0.05, 0) is 30.4 Å². The first-order valence-corrected chi connectivity index (χ1v) is 4.26. The number of carbonyl (C=O) groups excluding carboxylic acids is 1. The minimum absolute atomic E-state index is 0.258. The quantitative estimate of drug-likeness (QED) is 0.645. The summed E-state index contributed by atoms with van der Waals surface area (Å²) in [6.45, 7) is 0. The topological polar surface area (TPSA) is 82.0 Å². The predicted molar refractivity (Wildman–Crippen MR) is 49.2 cm³/mol. The Morgan fingerprint density at radius 2 is 2.23 bits per heavy atom. The number of fused-ring (bicyclic) bond motifs is 1. The maximum atomic E-state index is 11.1. The van der Waals surface area contributed by atoms with Gasteiger partial charge < -0.3 is 11.5 Å². The van der Waals surface area contributed by atoms with Gasteiger partial charge in [0.2, 0.25) is 0 Å². The summed E-state index contributed by atoms with van der Waals surface area (Å²) in [6.07, 6.45) is 4.66. The van der Waals surface area contributed by atoms with Crippen LogP contribution in [0.2, 0.25) is 0 Å². The van der Waals surface area contributed by atoms with Crippen molar-refractivity contribution >= 4 is 11.7 Å². The molecular weight excluding hydrogens is 166 g/mol. The molecule has 1 amide bonds. The van der Waals surface area contributed by atoms with Gasteiger partial charge in [-0.25, -0.2) is 4.98 Å². The van der Waals surface area contributed by atoms with Gasteiger partial charge in [0.25, 0.3) is 5.91 Å². The smallest absolute Gasteiger partial charge is 0.252 e. The number of rotatable bonds is 1. The molecule has 1 aromatic rings. The van der Waals surface area contributed by atoms with E-state index in [4.69, 9.17) is 11.5 Å². The third kappa shape index (κ3) is 1.14. The lowest BCUT2D eigenvalue weighted by molar-refractivity contribution is 0.1000. The molecule has 0 saturated carbocycles. The zero-order valence-electron chi connectivity index (χ0n) is 7.21. The highest BCUT2D eigenvalue weighted by Gasteiger charge is 2.20. The van der Waals surface area contributed by atoms with Crippen molar-refractivity contribution in [3.8, 4) is 0 Å². The first kappa shape index (κ1) is 8.04. The van der Waals surface area contributed by atoms with Crippen molar-refractivity contribution in [3.63, 3.8) is 0 Å². The van der Waals surface area contributed by atoms with Crippen LogP contribution in [0.3, 0.4) is 0 Å². The number of hydrogen-bond acceptors (Lipinski definition) is 3. The van der Waals surface area contributed by atoms with Gasteiger partial charge in [-0.15, -0.1) is 0 Å². The molecule has 4 nitrogen and oxygen atoms in total. The molecule has 1 heterocycles.